The molecule has 0 radical (unpaired) electrons. The molecule has 0 amide bonds. The molecule has 1 atom stereocenters. The highest BCUT2D eigenvalue weighted by Gasteiger charge is 2.22. The van der Waals surface area contributed by atoms with E-state index in [9.17, 15) is 5.11 Å². The molecule has 1 heterocycles. The van der Waals surface area contributed by atoms with Gasteiger partial charge in [0, 0.05) is 6.07 Å². The Hall–Kier alpha value is -1.42. The van der Waals surface area contributed by atoms with Gasteiger partial charge in [0.2, 0.25) is 6.79 Å². The summed E-state index contributed by atoms with van der Waals surface area (Å²) in [5.41, 5.74) is 0. The van der Waals surface area contributed by atoms with Gasteiger partial charge in [-0.2, -0.15) is 0 Å². The Kier molecular flexibility index (Phi) is 3.78. The summed E-state index contributed by atoms with van der Waals surface area (Å²) in [6, 6.07) is 5.50. The first-order valence-electron chi connectivity index (χ1n) is 7.03. The molecule has 19 heavy (non-hydrogen) atoms. The van der Waals surface area contributed by atoms with E-state index < -0.39 is 0 Å². The van der Waals surface area contributed by atoms with Crippen molar-refractivity contribution in [3.05, 3.63) is 18.2 Å². The minimum atomic E-state index is -0.370. The summed E-state index contributed by atoms with van der Waals surface area (Å²) in [6.07, 6.45) is 5.62. The zero-order chi connectivity index (χ0) is 13.1. The molecule has 1 aromatic carbocycles. The first kappa shape index (κ1) is 12.6. The molecule has 1 unspecified atom stereocenters. The quantitative estimate of drug-likeness (QED) is 0.908. The topological polar surface area (TPSA) is 47.9 Å². The van der Waals surface area contributed by atoms with Gasteiger partial charge in [-0.05, 0) is 30.9 Å². The summed E-state index contributed by atoms with van der Waals surface area (Å²) in [5.74, 6) is 2.58. The van der Waals surface area contributed by atoms with Crippen molar-refractivity contribution in [3.63, 3.8) is 0 Å². The van der Waals surface area contributed by atoms with E-state index in [0.717, 1.165) is 24.3 Å². The summed E-state index contributed by atoms with van der Waals surface area (Å²) in [4.78, 5) is 0. The molecule has 4 nitrogen and oxygen atoms in total. The Morgan fingerprint density at radius 2 is 1.95 bits per heavy atom. The average molecular weight is 264 g/mol. The third-order valence-electron chi connectivity index (χ3n) is 3.96. The maximum absolute atomic E-state index is 10.1. The van der Waals surface area contributed by atoms with Crippen molar-refractivity contribution in [2.45, 2.75) is 38.2 Å². The fraction of sp³-hybridized carbons (Fsp3) is 0.600. The molecule has 0 saturated heterocycles. The second-order valence-electron chi connectivity index (χ2n) is 5.29. The molecular weight excluding hydrogens is 244 g/mol. The predicted octanol–water partition coefficient (Wildman–Crippen LogP) is 2.74. The van der Waals surface area contributed by atoms with Crippen molar-refractivity contribution in [2.75, 3.05) is 13.4 Å². The molecule has 104 valence electrons. The molecule has 0 bridgehead atoms. The van der Waals surface area contributed by atoms with E-state index in [-0.39, 0.29) is 12.9 Å². The van der Waals surface area contributed by atoms with Gasteiger partial charge in [-0.15, -0.1) is 0 Å². The molecule has 1 fully saturated rings. The SMILES string of the molecule is OC(COc1ccc2c(c1)OCO2)C1CCCCC1. The Morgan fingerprint density at radius 1 is 1.16 bits per heavy atom. The molecule has 2 aliphatic rings. The maximum atomic E-state index is 10.1. The van der Waals surface area contributed by atoms with Crippen LogP contribution in [0.3, 0.4) is 0 Å². The number of ether oxygens (including phenoxy) is 3. The molecule has 1 N–H and O–H groups in total. The number of benzene rings is 1. The Bertz CT molecular complexity index is 426. The van der Waals surface area contributed by atoms with E-state index in [0.29, 0.717) is 18.3 Å². The smallest absolute Gasteiger partial charge is 0.231 e. The first-order chi connectivity index (χ1) is 9.33. The van der Waals surface area contributed by atoms with E-state index in [1.807, 2.05) is 18.2 Å². The number of hydrogen-bond acceptors (Lipinski definition) is 4. The van der Waals surface area contributed by atoms with Crippen molar-refractivity contribution < 1.29 is 19.3 Å². The molecule has 1 aromatic rings. The minimum absolute atomic E-state index is 0.267. The number of aliphatic hydroxyl groups excluding tert-OH is 1. The van der Waals surface area contributed by atoms with Crippen LogP contribution in [0.5, 0.6) is 17.2 Å². The lowest BCUT2D eigenvalue weighted by Gasteiger charge is -2.26. The molecule has 0 spiro atoms. The number of hydrogen-bond donors (Lipinski definition) is 1. The summed E-state index contributed by atoms with van der Waals surface area (Å²) in [7, 11) is 0. The van der Waals surface area contributed by atoms with Crippen LogP contribution in [0.1, 0.15) is 32.1 Å². The summed E-state index contributed by atoms with van der Waals surface area (Å²) in [6.45, 7) is 0.619. The van der Waals surface area contributed by atoms with E-state index in [1.54, 1.807) is 0 Å². The lowest BCUT2D eigenvalue weighted by Crippen LogP contribution is -2.28. The van der Waals surface area contributed by atoms with Crippen LogP contribution in [-0.2, 0) is 0 Å². The van der Waals surface area contributed by atoms with Gasteiger partial charge in [-0.25, -0.2) is 0 Å². The molecule has 0 aromatic heterocycles. The first-order valence-corrected chi connectivity index (χ1v) is 7.03. The fourth-order valence-electron chi connectivity index (χ4n) is 2.80. The van der Waals surface area contributed by atoms with E-state index in [2.05, 4.69) is 0 Å². The van der Waals surface area contributed by atoms with Gasteiger partial charge >= 0.3 is 0 Å². The van der Waals surface area contributed by atoms with Crippen molar-refractivity contribution in [2.24, 2.45) is 5.92 Å². The summed E-state index contributed by atoms with van der Waals surface area (Å²) < 4.78 is 16.2. The Balaban J connectivity index is 1.53. The third-order valence-corrected chi connectivity index (χ3v) is 3.96. The number of fused-ring (bicyclic) bond motifs is 1. The van der Waals surface area contributed by atoms with Crippen LogP contribution in [0.15, 0.2) is 18.2 Å². The number of aliphatic hydroxyl groups is 1. The second-order valence-corrected chi connectivity index (χ2v) is 5.29. The predicted molar refractivity (Wildman–Crippen MR) is 70.6 cm³/mol. The van der Waals surface area contributed by atoms with Gasteiger partial charge in [0.25, 0.3) is 0 Å². The highest BCUT2D eigenvalue weighted by molar-refractivity contribution is 5.46. The average Bonchev–Trinajstić information content (AvgIpc) is 2.93. The molecule has 1 aliphatic heterocycles. The molecule has 4 heteroatoms. The van der Waals surface area contributed by atoms with Crippen LogP contribution in [-0.4, -0.2) is 24.6 Å². The van der Waals surface area contributed by atoms with Gasteiger partial charge < -0.3 is 19.3 Å². The lowest BCUT2D eigenvalue weighted by atomic mass is 9.85. The molecular formula is C15H20O4. The minimum Gasteiger partial charge on any atom is -0.491 e. The van der Waals surface area contributed by atoms with Crippen LogP contribution in [0.25, 0.3) is 0 Å². The van der Waals surface area contributed by atoms with Crippen LogP contribution < -0.4 is 14.2 Å². The fourth-order valence-corrected chi connectivity index (χ4v) is 2.80. The molecule has 1 saturated carbocycles. The maximum Gasteiger partial charge on any atom is 0.231 e. The molecule has 3 rings (SSSR count). The standard InChI is InChI=1S/C15H20O4/c16-13(11-4-2-1-3-5-11)9-17-12-6-7-14-15(8-12)19-10-18-14/h6-8,11,13,16H,1-5,9-10H2. The summed E-state index contributed by atoms with van der Waals surface area (Å²) in [5, 5.41) is 10.1. The monoisotopic (exact) mass is 264 g/mol. The van der Waals surface area contributed by atoms with E-state index in [1.165, 1.54) is 19.3 Å². The second kappa shape index (κ2) is 5.70. The van der Waals surface area contributed by atoms with E-state index in [4.69, 9.17) is 14.2 Å². The highest BCUT2D eigenvalue weighted by Crippen LogP contribution is 2.35. The van der Waals surface area contributed by atoms with E-state index >= 15 is 0 Å². The third kappa shape index (κ3) is 2.95. The van der Waals surface area contributed by atoms with Crippen molar-refractivity contribution in [1.29, 1.82) is 0 Å². The highest BCUT2D eigenvalue weighted by atomic mass is 16.7. The van der Waals surface area contributed by atoms with Crippen LogP contribution in [0.4, 0.5) is 0 Å². The number of rotatable bonds is 4. The Labute approximate surface area is 113 Å². The van der Waals surface area contributed by atoms with Gasteiger partial charge in [0.1, 0.15) is 12.4 Å². The largest absolute Gasteiger partial charge is 0.491 e. The van der Waals surface area contributed by atoms with Crippen LogP contribution in [0, 0.1) is 5.92 Å². The van der Waals surface area contributed by atoms with Crippen molar-refractivity contribution in [1.82, 2.24) is 0 Å². The Morgan fingerprint density at radius 3 is 2.79 bits per heavy atom. The summed E-state index contributed by atoms with van der Waals surface area (Å²) >= 11 is 0. The van der Waals surface area contributed by atoms with Gasteiger partial charge in [0.15, 0.2) is 11.5 Å². The van der Waals surface area contributed by atoms with Crippen molar-refractivity contribution in [3.8, 4) is 17.2 Å². The van der Waals surface area contributed by atoms with Gasteiger partial charge in [0.05, 0.1) is 6.10 Å². The van der Waals surface area contributed by atoms with Crippen LogP contribution >= 0.6 is 0 Å². The van der Waals surface area contributed by atoms with Crippen molar-refractivity contribution >= 4 is 0 Å². The van der Waals surface area contributed by atoms with Crippen LogP contribution in [0.2, 0.25) is 0 Å². The zero-order valence-corrected chi connectivity index (χ0v) is 11.0. The molecule has 1 aliphatic carbocycles. The van der Waals surface area contributed by atoms with Gasteiger partial charge in [-0.1, -0.05) is 19.3 Å². The van der Waals surface area contributed by atoms with Gasteiger partial charge in [-0.3, -0.25) is 0 Å². The lowest BCUT2D eigenvalue weighted by molar-refractivity contribution is 0.0413. The zero-order valence-electron chi connectivity index (χ0n) is 11.0. The normalized spacial score (nSPS) is 20.3.